The molecular weight excluding hydrogens is 276 g/mol. The lowest BCUT2D eigenvalue weighted by molar-refractivity contribution is 0.0675. The Balaban J connectivity index is 1.47. The first-order valence-electron chi connectivity index (χ1n) is 7.21. The standard InChI is InChI=1S/C14H22N2OS2/c17-14(5-6-18-10-14)9-15-7-12-8-16-13(19-12)11-3-1-2-4-11/h8,11,15,17H,1-7,9-10H2. The molecule has 1 aromatic rings. The van der Waals surface area contributed by atoms with Gasteiger partial charge in [-0.2, -0.15) is 11.8 Å². The summed E-state index contributed by atoms with van der Waals surface area (Å²) in [5, 5.41) is 15.0. The van der Waals surface area contributed by atoms with E-state index < -0.39 is 5.60 Å². The van der Waals surface area contributed by atoms with Crippen LogP contribution >= 0.6 is 23.1 Å². The zero-order valence-corrected chi connectivity index (χ0v) is 12.9. The topological polar surface area (TPSA) is 45.1 Å². The van der Waals surface area contributed by atoms with Crippen molar-refractivity contribution >= 4 is 23.1 Å². The van der Waals surface area contributed by atoms with Crippen LogP contribution in [-0.2, 0) is 6.54 Å². The quantitative estimate of drug-likeness (QED) is 0.877. The highest BCUT2D eigenvalue weighted by atomic mass is 32.2. The molecule has 1 aliphatic heterocycles. The van der Waals surface area contributed by atoms with E-state index in [2.05, 4.69) is 10.3 Å². The summed E-state index contributed by atoms with van der Waals surface area (Å²) in [7, 11) is 0. The lowest BCUT2D eigenvalue weighted by atomic mass is 10.0. The van der Waals surface area contributed by atoms with Gasteiger partial charge in [-0.25, -0.2) is 4.98 Å². The van der Waals surface area contributed by atoms with Gasteiger partial charge in [-0.15, -0.1) is 11.3 Å². The van der Waals surface area contributed by atoms with Gasteiger partial charge in [0, 0.05) is 35.8 Å². The van der Waals surface area contributed by atoms with Gasteiger partial charge in [0.25, 0.3) is 0 Å². The average Bonchev–Trinajstić information content (AvgIpc) is 3.08. The van der Waals surface area contributed by atoms with Crippen LogP contribution < -0.4 is 5.32 Å². The molecule has 0 bridgehead atoms. The molecule has 1 atom stereocenters. The van der Waals surface area contributed by atoms with Crippen LogP contribution in [0.25, 0.3) is 0 Å². The van der Waals surface area contributed by atoms with Crippen molar-refractivity contribution in [2.75, 3.05) is 18.1 Å². The van der Waals surface area contributed by atoms with Crippen LogP contribution in [0, 0.1) is 0 Å². The first-order valence-corrected chi connectivity index (χ1v) is 9.18. The minimum atomic E-state index is -0.483. The Bertz CT molecular complexity index is 409. The molecule has 1 saturated carbocycles. The molecule has 1 aliphatic carbocycles. The predicted molar refractivity (Wildman–Crippen MR) is 81.9 cm³/mol. The summed E-state index contributed by atoms with van der Waals surface area (Å²) in [6, 6.07) is 0. The summed E-state index contributed by atoms with van der Waals surface area (Å²) in [5.74, 6) is 2.68. The number of nitrogens with zero attached hydrogens (tertiary/aromatic N) is 1. The second kappa shape index (κ2) is 6.12. The van der Waals surface area contributed by atoms with Crippen LogP contribution in [0.3, 0.4) is 0 Å². The minimum Gasteiger partial charge on any atom is -0.388 e. The zero-order valence-electron chi connectivity index (χ0n) is 11.2. The highest BCUT2D eigenvalue weighted by Gasteiger charge is 2.31. The van der Waals surface area contributed by atoms with Crippen LogP contribution in [0.15, 0.2) is 6.20 Å². The third-order valence-electron chi connectivity index (χ3n) is 4.11. The fourth-order valence-electron chi connectivity index (χ4n) is 2.92. The second-order valence-electron chi connectivity index (χ2n) is 5.78. The van der Waals surface area contributed by atoms with Crippen molar-refractivity contribution in [2.45, 2.75) is 50.2 Å². The molecule has 2 aliphatic rings. The molecule has 2 N–H and O–H groups in total. The maximum Gasteiger partial charge on any atom is 0.0959 e. The summed E-state index contributed by atoms with van der Waals surface area (Å²) in [4.78, 5) is 5.88. The number of aliphatic hydroxyl groups is 1. The van der Waals surface area contributed by atoms with E-state index in [1.54, 1.807) is 0 Å². The van der Waals surface area contributed by atoms with Crippen molar-refractivity contribution in [1.29, 1.82) is 0 Å². The highest BCUT2D eigenvalue weighted by Crippen LogP contribution is 2.36. The Morgan fingerprint density at radius 2 is 2.26 bits per heavy atom. The number of thioether (sulfide) groups is 1. The maximum atomic E-state index is 10.3. The first kappa shape index (κ1) is 13.9. The molecule has 0 radical (unpaired) electrons. The molecule has 2 fully saturated rings. The number of thiazole rings is 1. The summed E-state index contributed by atoms with van der Waals surface area (Å²) in [6.45, 7) is 1.55. The molecule has 2 heterocycles. The van der Waals surface area contributed by atoms with E-state index >= 15 is 0 Å². The van der Waals surface area contributed by atoms with Gasteiger partial charge in [0.2, 0.25) is 0 Å². The van der Waals surface area contributed by atoms with Gasteiger partial charge in [-0.1, -0.05) is 12.8 Å². The number of hydrogen-bond donors (Lipinski definition) is 2. The van der Waals surface area contributed by atoms with E-state index in [-0.39, 0.29) is 0 Å². The van der Waals surface area contributed by atoms with Gasteiger partial charge < -0.3 is 10.4 Å². The summed E-state index contributed by atoms with van der Waals surface area (Å²) >= 11 is 3.70. The lowest BCUT2D eigenvalue weighted by Crippen LogP contribution is -2.40. The number of nitrogens with one attached hydrogen (secondary N) is 1. The van der Waals surface area contributed by atoms with Crippen LogP contribution in [0.1, 0.15) is 47.9 Å². The Kier molecular flexibility index (Phi) is 4.47. The van der Waals surface area contributed by atoms with E-state index in [9.17, 15) is 5.11 Å². The summed E-state index contributed by atoms with van der Waals surface area (Å²) in [5.41, 5.74) is -0.483. The van der Waals surface area contributed by atoms with Gasteiger partial charge in [0.05, 0.1) is 10.6 Å². The molecule has 0 aromatic carbocycles. The second-order valence-corrected chi connectivity index (χ2v) is 8.03. The maximum absolute atomic E-state index is 10.3. The Labute approximate surface area is 123 Å². The van der Waals surface area contributed by atoms with Crippen molar-refractivity contribution in [3.05, 3.63) is 16.1 Å². The molecule has 3 rings (SSSR count). The van der Waals surface area contributed by atoms with Crippen LogP contribution in [0.4, 0.5) is 0 Å². The van der Waals surface area contributed by atoms with E-state index in [0.717, 1.165) is 24.5 Å². The molecule has 106 valence electrons. The molecule has 0 amide bonds. The molecule has 3 nitrogen and oxygen atoms in total. The molecule has 0 spiro atoms. The normalized spacial score (nSPS) is 28.3. The zero-order chi connectivity index (χ0) is 13.1. The van der Waals surface area contributed by atoms with Crippen molar-refractivity contribution < 1.29 is 5.11 Å². The average molecular weight is 298 g/mol. The van der Waals surface area contributed by atoms with Crippen LogP contribution in [-0.4, -0.2) is 33.7 Å². The number of aromatic nitrogens is 1. The molecule has 5 heteroatoms. The van der Waals surface area contributed by atoms with E-state index in [0.29, 0.717) is 12.5 Å². The third kappa shape index (κ3) is 3.51. The highest BCUT2D eigenvalue weighted by molar-refractivity contribution is 7.99. The Morgan fingerprint density at radius 3 is 3.00 bits per heavy atom. The number of rotatable bonds is 5. The van der Waals surface area contributed by atoms with Gasteiger partial charge in [-0.05, 0) is 25.0 Å². The van der Waals surface area contributed by atoms with E-state index in [1.807, 2.05) is 29.3 Å². The third-order valence-corrected chi connectivity index (χ3v) is 6.51. The molecule has 1 saturated heterocycles. The van der Waals surface area contributed by atoms with Gasteiger partial charge in [0.1, 0.15) is 0 Å². The van der Waals surface area contributed by atoms with Crippen molar-refractivity contribution in [2.24, 2.45) is 0 Å². The van der Waals surface area contributed by atoms with Gasteiger partial charge >= 0.3 is 0 Å². The van der Waals surface area contributed by atoms with Crippen LogP contribution in [0.2, 0.25) is 0 Å². The van der Waals surface area contributed by atoms with Crippen molar-refractivity contribution in [1.82, 2.24) is 10.3 Å². The van der Waals surface area contributed by atoms with Crippen molar-refractivity contribution in [3.63, 3.8) is 0 Å². The van der Waals surface area contributed by atoms with Gasteiger partial charge in [0.15, 0.2) is 0 Å². The fraction of sp³-hybridized carbons (Fsp3) is 0.786. The number of hydrogen-bond acceptors (Lipinski definition) is 5. The predicted octanol–water partition coefficient (Wildman–Crippen LogP) is 2.76. The lowest BCUT2D eigenvalue weighted by Gasteiger charge is -2.21. The first-order chi connectivity index (χ1) is 9.25. The monoisotopic (exact) mass is 298 g/mol. The van der Waals surface area contributed by atoms with Crippen LogP contribution in [0.5, 0.6) is 0 Å². The Hall–Kier alpha value is -0.100. The molecule has 19 heavy (non-hydrogen) atoms. The van der Waals surface area contributed by atoms with E-state index in [4.69, 9.17) is 0 Å². The summed E-state index contributed by atoms with van der Waals surface area (Å²) < 4.78 is 0. The fourth-order valence-corrected chi connectivity index (χ4v) is 5.27. The molecular formula is C14H22N2OS2. The SMILES string of the molecule is OC1(CNCc2cnc(C3CCCC3)s2)CCSC1. The van der Waals surface area contributed by atoms with E-state index in [1.165, 1.54) is 35.6 Å². The smallest absolute Gasteiger partial charge is 0.0959 e. The van der Waals surface area contributed by atoms with Crippen molar-refractivity contribution in [3.8, 4) is 0 Å². The summed E-state index contributed by atoms with van der Waals surface area (Å²) in [6.07, 6.45) is 8.29. The Morgan fingerprint density at radius 1 is 1.42 bits per heavy atom. The minimum absolute atomic E-state index is 0.483. The largest absolute Gasteiger partial charge is 0.388 e. The molecule has 1 unspecified atom stereocenters. The molecule has 1 aromatic heterocycles. The van der Waals surface area contributed by atoms with Gasteiger partial charge in [-0.3, -0.25) is 0 Å².